The fourth-order valence-corrected chi connectivity index (χ4v) is 1.79. The van der Waals surface area contributed by atoms with Crippen molar-refractivity contribution in [1.82, 2.24) is 20.0 Å². The molecule has 0 amide bonds. The van der Waals surface area contributed by atoms with Crippen LogP contribution in [0.2, 0.25) is 5.02 Å². The summed E-state index contributed by atoms with van der Waals surface area (Å²) in [6.45, 7) is 0. The average molecular weight is 231 g/mol. The molecule has 4 nitrogen and oxygen atoms in total. The second-order valence-corrected chi connectivity index (χ2v) is 3.72. The van der Waals surface area contributed by atoms with Crippen molar-refractivity contribution in [3.05, 3.63) is 47.7 Å². The highest BCUT2D eigenvalue weighted by Crippen LogP contribution is 2.22. The number of rotatable bonds is 1. The molecule has 0 aliphatic heterocycles. The third-order valence-electron chi connectivity index (χ3n) is 2.33. The molecule has 0 radical (unpaired) electrons. The van der Waals surface area contributed by atoms with Crippen molar-refractivity contribution in [2.45, 2.75) is 0 Å². The standard InChI is InChI=1S/C11H7ClN4/c12-8-3-1-2-4-10(8)16-11-5-6-13-7-9(11)14-15-16/h1-7H. The summed E-state index contributed by atoms with van der Waals surface area (Å²) >= 11 is 6.11. The quantitative estimate of drug-likeness (QED) is 0.645. The molecule has 0 saturated carbocycles. The largest absolute Gasteiger partial charge is 0.262 e. The van der Waals surface area contributed by atoms with Crippen LogP contribution >= 0.6 is 11.6 Å². The normalized spacial score (nSPS) is 10.8. The van der Waals surface area contributed by atoms with Crippen molar-refractivity contribution in [3.8, 4) is 5.69 Å². The summed E-state index contributed by atoms with van der Waals surface area (Å²) in [5.41, 5.74) is 2.46. The second-order valence-electron chi connectivity index (χ2n) is 3.32. The summed E-state index contributed by atoms with van der Waals surface area (Å²) in [5, 5.41) is 8.74. The molecule has 0 aliphatic carbocycles. The van der Waals surface area contributed by atoms with Gasteiger partial charge in [0.2, 0.25) is 0 Å². The molecule has 0 unspecified atom stereocenters. The zero-order chi connectivity index (χ0) is 11.0. The number of nitrogens with zero attached hydrogens (tertiary/aromatic N) is 4. The van der Waals surface area contributed by atoms with Crippen LogP contribution in [0.25, 0.3) is 16.7 Å². The molecule has 2 aromatic heterocycles. The van der Waals surface area contributed by atoms with Gasteiger partial charge in [-0.3, -0.25) is 4.98 Å². The van der Waals surface area contributed by atoms with Crippen LogP contribution in [0.4, 0.5) is 0 Å². The first kappa shape index (κ1) is 9.30. The van der Waals surface area contributed by atoms with E-state index in [-0.39, 0.29) is 0 Å². The number of halogens is 1. The van der Waals surface area contributed by atoms with Crippen LogP contribution in [-0.4, -0.2) is 20.0 Å². The van der Waals surface area contributed by atoms with Gasteiger partial charge in [-0.2, -0.15) is 0 Å². The molecule has 2 heterocycles. The van der Waals surface area contributed by atoms with Crippen molar-refractivity contribution < 1.29 is 0 Å². The third kappa shape index (κ3) is 1.35. The minimum absolute atomic E-state index is 0.645. The van der Waals surface area contributed by atoms with Gasteiger partial charge in [0.25, 0.3) is 0 Å². The van der Waals surface area contributed by atoms with Crippen molar-refractivity contribution in [1.29, 1.82) is 0 Å². The average Bonchev–Trinajstić information content (AvgIpc) is 2.74. The molecule has 3 rings (SSSR count). The smallest absolute Gasteiger partial charge is 0.131 e. The van der Waals surface area contributed by atoms with E-state index in [1.807, 2.05) is 30.3 Å². The van der Waals surface area contributed by atoms with Crippen molar-refractivity contribution in [2.24, 2.45) is 0 Å². The third-order valence-corrected chi connectivity index (χ3v) is 2.65. The SMILES string of the molecule is Clc1ccccc1-n1nnc2cnccc21. The highest BCUT2D eigenvalue weighted by atomic mass is 35.5. The lowest BCUT2D eigenvalue weighted by atomic mass is 10.3. The van der Waals surface area contributed by atoms with Crippen LogP contribution in [-0.2, 0) is 0 Å². The number of benzene rings is 1. The van der Waals surface area contributed by atoms with Gasteiger partial charge in [-0.25, -0.2) is 4.68 Å². The Morgan fingerprint density at radius 2 is 2.00 bits per heavy atom. The Balaban J connectivity index is 2.31. The zero-order valence-electron chi connectivity index (χ0n) is 8.21. The van der Waals surface area contributed by atoms with Gasteiger partial charge in [0, 0.05) is 6.20 Å². The lowest BCUT2D eigenvalue weighted by Crippen LogP contribution is -1.97. The Hall–Kier alpha value is -1.94. The topological polar surface area (TPSA) is 43.6 Å². The van der Waals surface area contributed by atoms with Crippen molar-refractivity contribution in [2.75, 3.05) is 0 Å². The number of hydrogen-bond donors (Lipinski definition) is 0. The number of hydrogen-bond acceptors (Lipinski definition) is 3. The Morgan fingerprint density at radius 1 is 1.12 bits per heavy atom. The van der Waals surface area contributed by atoms with E-state index >= 15 is 0 Å². The number of para-hydroxylation sites is 1. The van der Waals surface area contributed by atoms with Crippen LogP contribution in [0.1, 0.15) is 0 Å². The fraction of sp³-hybridized carbons (Fsp3) is 0. The predicted octanol–water partition coefficient (Wildman–Crippen LogP) is 2.47. The van der Waals surface area contributed by atoms with E-state index in [2.05, 4.69) is 15.3 Å². The maximum Gasteiger partial charge on any atom is 0.131 e. The molecule has 1 aromatic carbocycles. The van der Waals surface area contributed by atoms with Crippen LogP contribution in [0.5, 0.6) is 0 Å². The number of aromatic nitrogens is 4. The van der Waals surface area contributed by atoms with E-state index in [1.165, 1.54) is 0 Å². The monoisotopic (exact) mass is 230 g/mol. The number of fused-ring (bicyclic) bond motifs is 1. The van der Waals surface area contributed by atoms with Crippen LogP contribution in [0.3, 0.4) is 0 Å². The zero-order valence-corrected chi connectivity index (χ0v) is 8.96. The Kier molecular flexibility index (Phi) is 2.08. The molecule has 0 bridgehead atoms. The van der Waals surface area contributed by atoms with Gasteiger partial charge in [0.1, 0.15) is 5.52 Å². The summed E-state index contributed by atoms with van der Waals surface area (Å²) < 4.78 is 1.71. The molecule has 0 fully saturated rings. The van der Waals surface area contributed by atoms with Gasteiger partial charge in [0.15, 0.2) is 0 Å². The molecule has 5 heteroatoms. The van der Waals surface area contributed by atoms with E-state index in [0.717, 1.165) is 16.7 Å². The molecule has 3 aromatic rings. The molecule has 16 heavy (non-hydrogen) atoms. The maximum atomic E-state index is 6.11. The molecular formula is C11H7ClN4. The number of pyridine rings is 1. The highest BCUT2D eigenvalue weighted by molar-refractivity contribution is 6.32. The maximum absolute atomic E-state index is 6.11. The van der Waals surface area contributed by atoms with Crippen LogP contribution in [0.15, 0.2) is 42.7 Å². The van der Waals surface area contributed by atoms with Gasteiger partial charge in [-0.15, -0.1) is 5.10 Å². The van der Waals surface area contributed by atoms with E-state index < -0.39 is 0 Å². The van der Waals surface area contributed by atoms with E-state index in [9.17, 15) is 0 Å². The summed E-state index contributed by atoms with van der Waals surface area (Å²) in [6, 6.07) is 9.38. The summed E-state index contributed by atoms with van der Waals surface area (Å²) in [6.07, 6.45) is 3.38. The molecule has 0 atom stereocenters. The predicted molar refractivity (Wildman–Crippen MR) is 61.7 cm³/mol. The van der Waals surface area contributed by atoms with Gasteiger partial charge in [-0.05, 0) is 18.2 Å². The lowest BCUT2D eigenvalue weighted by Gasteiger charge is -2.03. The van der Waals surface area contributed by atoms with E-state index in [1.54, 1.807) is 17.1 Å². The van der Waals surface area contributed by atoms with Gasteiger partial charge in [-0.1, -0.05) is 28.9 Å². The summed E-state index contributed by atoms with van der Waals surface area (Å²) in [5.74, 6) is 0. The minimum Gasteiger partial charge on any atom is -0.262 e. The Bertz CT molecular complexity index is 647. The van der Waals surface area contributed by atoms with Crippen LogP contribution in [0, 0.1) is 0 Å². The van der Waals surface area contributed by atoms with Gasteiger partial charge >= 0.3 is 0 Å². The van der Waals surface area contributed by atoms with E-state index in [4.69, 9.17) is 11.6 Å². The first-order valence-electron chi connectivity index (χ1n) is 4.76. The van der Waals surface area contributed by atoms with Crippen molar-refractivity contribution in [3.63, 3.8) is 0 Å². The summed E-state index contributed by atoms with van der Waals surface area (Å²) in [4.78, 5) is 3.99. The molecule has 0 N–H and O–H groups in total. The first-order chi connectivity index (χ1) is 7.86. The molecule has 0 spiro atoms. The molecular weight excluding hydrogens is 224 g/mol. The first-order valence-corrected chi connectivity index (χ1v) is 5.14. The Labute approximate surface area is 96.5 Å². The van der Waals surface area contributed by atoms with Crippen LogP contribution < -0.4 is 0 Å². The lowest BCUT2D eigenvalue weighted by molar-refractivity contribution is 0.824. The van der Waals surface area contributed by atoms with Gasteiger partial charge in [0.05, 0.1) is 22.4 Å². The van der Waals surface area contributed by atoms with Gasteiger partial charge < -0.3 is 0 Å². The minimum atomic E-state index is 0.645. The molecule has 0 aliphatic rings. The molecule has 0 saturated heterocycles. The van der Waals surface area contributed by atoms with E-state index in [0.29, 0.717) is 5.02 Å². The highest BCUT2D eigenvalue weighted by Gasteiger charge is 2.08. The molecule has 78 valence electrons. The Morgan fingerprint density at radius 3 is 2.88 bits per heavy atom. The summed E-state index contributed by atoms with van der Waals surface area (Å²) in [7, 11) is 0. The van der Waals surface area contributed by atoms with Crippen molar-refractivity contribution >= 4 is 22.6 Å². The fourth-order valence-electron chi connectivity index (χ4n) is 1.58. The second kappa shape index (κ2) is 3.57.